The van der Waals surface area contributed by atoms with E-state index in [1.165, 1.54) is 31.3 Å². The van der Waals surface area contributed by atoms with Gasteiger partial charge in [-0.25, -0.2) is 12.8 Å². The van der Waals surface area contributed by atoms with E-state index in [0.29, 0.717) is 17.7 Å². The summed E-state index contributed by atoms with van der Waals surface area (Å²) < 4.78 is 40.4. The number of nitrogens with zero attached hydrogens (tertiary/aromatic N) is 2. The minimum atomic E-state index is -3.91. The molecular formula is C23H26FN3O4S. The van der Waals surface area contributed by atoms with Crippen LogP contribution in [0.4, 0.5) is 15.8 Å². The number of hydrogen-bond acceptors (Lipinski definition) is 4. The number of carbonyl (C=O) groups excluding carboxylic acids is 2. The summed E-state index contributed by atoms with van der Waals surface area (Å²) in [5, 5.41) is 2.62. The van der Waals surface area contributed by atoms with Crippen LogP contribution in [0.15, 0.2) is 41.3 Å². The van der Waals surface area contributed by atoms with Gasteiger partial charge in [0.15, 0.2) is 0 Å². The fourth-order valence-electron chi connectivity index (χ4n) is 4.05. The van der Waals surface area contributed by atoms with Crippen molar-refractivity contribution in [1.29, 1.82) is 0 Å². The summed E-state index contributed by atoms with van der Waals surface area (Å²) in [6.45, 7) is 3.23. The van der Waals surface area contributed by atoms with Crippen LogP contribution < -0.4 is 10.2 Å². The number of amides is 2. The maximum absolute atomic E-state index is 13.2. The Morgan fingerprint density at radius 3 is 2.56 bits per heavy atom. The number of rotatable bonds is 6. The smallest absolute Gasteiger partial charge is 0.243 e. The van der Waals surface area contributed by atoms with Crippen molar-refractivity contribution in [2.75, 3.05) is 23.8 Å². The molecule has 1 N–H and O–H groups in total. The second-order valence-corrected chi connectivity index (χ2v) is 10.6. The zero-order chi connectivity index (χ0) is 23.2. The summed E-state index contributed by atoms with van der Waals surface area (Å²) in [7, 11) is -2.58. The first-order chi connectivity index (χ1) is 15.1. The Morgan fingerprint density at radius 1 is 1.19 bits per heavy atom. The largest absolute Gasteiger partial charge is 0.325 e. The molecule has 2 aromatic carbocycles. The van der Waals surface area contributed by atoms with Crippen LogP contribution in [-0.4, -0.2) is 44.2 Å². The molecule has 1 aliphatic carbocycles. The van der Waals surface area contributed by atoms with E-state index in [0.717, 1.165) is 28.4 Å². The molecular weight excluding hydrogens is 433 g/mol. The van der Waals surface area contributed by atoms with Crippen molar-refractivity contribution in [3.63, 3.8) is 0 Å². The standard InChI is InChI=1S/C23H26FN3O4S/c1-14-10-18(24)6-8-20(14)25-22(28)13-26(3)32(30,31)19-7-9-21-17(12-19)11-15(2)27(21)23(29)16-4-5-16/h6-10,12,15-16H,4-5,11,13H2,1-3H3,(H,25,28)/t15-/m0/s1. The molecule has 0 bridgehead atoms. The van der Waals surface area contributed by atoms with Crippen LogP contribution >= 0.6 is 0 Å². The van der Waals surface area contributed by atoms with Crippen molar-refractivity contribution < 1.29 is 22.4 Å². The summed E-state index contributed by atoms with van der Waals surface area (Å²) in [4.78, 5) is 26.9. The molecule has 4 rings (SSSR count). The Hall–Kier alpha value is -2.78. The minimum absolute atomic E-state index is 0.0153. The molecule has 2 aromatic rings. The molecule has 0 spiro atoms. The number of aryl methyl sites for hydroxylation is 1. The summed E-state index contributed by atoms with van der Waals surface area (Å²) in [5.41, 5.74) is 2.55. The van der Waals surface area contributed by atoms with Gasteiger partial charge in [-0.15, -0.1) is 0 Å². The Kier molecular flexibility index (Phi) is 5.81. The molecule has 1 aliphatic heterocycles. The van der Waals surface area contributed by atoms with Gasteiger partial charge in [0, 0.05) is 30.4 Å². The van der Waals surface area contributed by atoms with Gasteiger partial charge >= 0.3 is 0 Å². The summed E-state index contributed by atoms with van der Waals surface area (Å²) in [6.07, 6.45) is 2.41. The summed E-state index contributed by atoms with van der Waals surface area (Å²) in [5.74, 6) is -0.747. The van der Waals surface area contributed by atoms with Crippen molar-refractivity contribution >= 4 is 33.2 Å². The third kappa shape index (κ3) is 4.27. The Labute approximate surface area is 187 Å². The van der Waals surface area contributed by atoms with Crippen molar-refractivity contribution in [2.45, 2.75) is 44.0 Å². The first-order valence-corrected chi connectivity index (χ1v) is 12.0. The molecule has 0 saturated heterocycles. The molecule has 170 valence electrons. The van der Waals surface area contributed by atoms with Crippen molar-refractivity contribution in [3.05, 3.63) is 53.3 Å². The second-order valence-electron chi connectivity index (χ2n) is 8.59. The maximum atomic E-state index is 13.2. The van der Waals surface area contributed by atoms with E-state index in [-0.39, 0.29) is 29.3 Å². The normalized spacial score (nSPS) is 18.0. The number of nitrogens with one attached hydrogen (secondary N) is 1. The number of fused-ring (bicyclic) bond motifs is 1. The number of carbonyl (C=O) groups is 2. The lowest BCUT2D eigenvalue weighted by molar-refractivity contribution is -0.120. The molecule has 1 saturated carbocycles. The van der Waals surface area contributed by atoms with E-state index in [9.17, 15) is 22.4 Å². The highest BCUT2D eigenvalue weighted by molar-refractivity contribution is 7.89. The summed E-state index contributed by atoms with van der Waals surface area (Å²) >= 11 is 0. The van der Waals surface area contributed by atoms with E-state index in [2.05, 4.69) is 5.32 Å². The third-order valence-corrected chi connectivity index (χ3v) is 7.77. The predicted molar refractivity (Wildman–Crippen MR) is 119 cm³/mol. The number of hydrogen-bond donors (Lipinski definition) is 1. The molecule has 1 heterocycles. The highest BCUT2D eigenvalue weighted by Crippen LogP contribution is 2.39. The topological polar surface area (TPSA) is 86.8 Å². The van der Waals surface area contributed by atoms with Crippen LogP contribution in [0.2, 0.25) is 0 Å². The molecule has 0 aromatic heterocycles. The van der Waals surface area contributed by atoms with Crippen molar-refractivity contribution in [1.82, 2.24) is 4.31 Å². The Balaban J connectivity index is 1.49. The average molecular weight is 460 g/mol. The van der Waals surface area contributed by atoms with Crippen LogP contribution in [0.25, 0.3) is 0 Å². The zero-order valence-corrected chi connectivity index (χ0v) is 19.1. The van der Waals surface area contributed by atoms with E-state index in [4.69, 9.17) is 0 Å². The molecule has 2 aliphatic rings. The fourth-order valence-corrected chi connectivity index (χ4v) is 5.23. The lowest BCUT2D eigenvalue weighted by Gasteiger charge is -2.23. The quantitative estimate of drug-likeness (QED) is 0.719. The number of likely N-dealkylation sites (N-methyl/N-ethyl adjacent to an activating group) is 1. The molecule has 9 heteroatoms. The second kappa shape index (κ2) is 8.29. The lowest BCUT2D eigenvalue weighted by atomic mass is 10.1. The monoisotopic (exact) mass is 459 g/mol. The van der Waals surface area contributed by atoms with E-state index in [1.807, 2.05) is 6.92 Å². The predicted octanol–water partition coefficient (Wildman–Crippen LogP) is 3.08. The molecule has 32 heavy (non-hydrogen) atoms. The number of anilines is 2. The highest BCUT2D eigenvalue weighted by Gasteiger charge is 2.40. The zero-order valence-electron chi connectivity index (χ0n) is 18.3. The number of benzene rings is 2. The molecule has 2 amide bonds. The van der Waals surface area contributed by atoms with Gasteiger partial charge in [0.05, 0.1) is 11.4 Å². The molecule has 7 nitrogen and oxygen atoms in total. The Bertz CT molecular complexity index is 1190. The summed E-state index contributed by atoms with van der Waals surface area (Å²) in [6, 6.07) is 8.70. The van der Waals surface area contributed by atoms with E-state index < -0.39 is 21.7 Å². The average Bonchev–Trinajstić information content (AvgIpc) is 3.51. The van der Waals surface area contributed by atoms with Gasteiger partial charge in [0.1, 0.15) is 5.82 Å². The van der Waals surface area contributed by atoms with E-state index >= 15 is 0 Å². The minimum Gasteiger partial charge on any atom is -0.325 e. The number of halogens is 1. The molecule has 0 unspecified atom stereocenters. The van der Waals surface area contributed by atoms with Gasteiger partial charge < -0.3 is 10.2 Å². The van der Waals surface area contributed by atoms with Gasteiger partial charge in [0.2, 0.25) is 21.8 Å². The van der Waals surface area contributed by atoms with Gasteiger partial charge in [-0.2, -0.15) is 4.31 Å². The first kappa shape index (κ1) is 22.4. The highest BCUT2D eigenvalue weighted by atomic mass is 32.2. The Morgan fingerprint density at radius 2 is 1.91 bits per heavy atom. The van der Waals surface area contributed by atoms with Crippen LogP contribution in [0, 0.1) is 18.7 Å². The van der Waals surface area contributed by atoms with E-state index in [1.54, 1.807) is 24.0 Å². The van der Waals surface area contributed by atoms with Crippen molar-refractivity contribution in [2.24, 2.45) is 5.92 Å². The molecule has 1 fully saturated rings. The fraction of sp³-hybridized carbons (Fsp3) is 0.391. The third-order valence-electron chi connectivity index (χ3n) is 5.97. The van der Waals surface area contributed by atoms with Crippen LogP contribution in [0.3, 0.4) is 0 Å². The van der Waals surface area contributed by atoms with Gasteiger partial charge in [0.25, 0.3) is 0 Å². The maximum Gasteiger partial charge on any atom is 0.243 e. The van der Waals surface area contributed by atoms with Crippen LogP contribution in [-0.2, 0) is 26.0 Å². The van der Waals surface area contributed by atoms with Crippen LogP contribution in [0.1, 0.15) is 30.9 Å². The SMILES string of the molecule is Cc1cc(F)ccc1NC(=O)CN(C)S(=O)(=O)c1ccc2c(c1)C[C@H](C)N2C(=O)C1CC1. The lowest BCUT2D eigenvalue weighted by Crippen LogP contribution is -2.36. The van der Waals surface area contributed by atoms with Gasteiger partial charge in [-0.05, 0) is 80.6 Å². The van der Waals surface area contributed by atoms with Gasteiger partial charge in [-0.3, -0.25) is 9.59 Å². The molecule has 1 atom stereocenters. The van der Waals surface area contributed by atoms with Crippen LogP contribution in [0.5, 0.6) is 0 Å². The van der Waals surface area contributed by atoms with Gasteiger partial charge in [-0.1, -0.05) is 0 Å². The van der Waals surface area contributed by atoms with Crippen molar-refractivity contribution in [3.8, 4) is 0 Å². The first-order valence-electron chi connectivity index (χ1n) is 10.6. The number of sulfonamides is 1. The molecule has 0 radical (unpaired) electrons.